The molecule has 0 saturated carbocycles. The number of ketones is 1. The van der Waals surface area contributed by atoms with Crippen LogP contribution in [0.25, 0.3) is 10.2 Å². The molecular formula is C22H23N3O3S. The summed E-state index contributed by atoms with van der Waals surface area (Å²) in [4.78, 5) is 44.0. The minimum atomic E-state index is -0.619. The first kappa shape index (κ1) is 19.5. The van der Waals surface area contributed by atoms with Crippen molar-refractivity contribution in [1.29, 1.82) is 0 Å². The van der Waals surface area contributed by atoms with Crippen LogP contribution >= 0.6 is 11.3 Å². The van der Waals surface area contributed by atoms with Gasteiger partial charge in [0.05, 0.1) is 17.8 Å². The summed E-state index contributed by atoms with van der Waals surface area (Å²) < 4.78 is 1.35. The molecule has 1 aromatic carbocycles. The third-order valence-electron chi connectivity index (χ3n) is 5.36. The van der Waals surface area contributed by atoms with Gasteiger partial charge < -0.3 is 5.32 Å². The highest BCUT2D eigenvalue weighted by Crippen LogP contribution is 2.33. The van der Waals surface area contributed by atoms with Crippen LogP contribution in [0.15, 0.2) is 41.5 Å². The molecule has 0 unspecified atom stereocenters. The maximum Gasteiger partial charge on any atom is 0.262 e. The van der Waals surface area contributed by atoms with Gasteiger partial charge in [-0.25, -0.2) is 4.98 Å². The van der Waals surface area contributed by atoms with E-state index in [9.17, 15) is 14.4 Å². The number of aryl methyl sites for hydroxylation is 2. The number of aromatic nitrogens is 2. The molecule has 0 aliphatic heterocycles. The van der Waals surface area contributed by atoms with Crippen LogP contribution in [0.5, 0.6) is 0 Å². The summed E-state index contributed by atoms with van der Waals surface area (Å²) in [6.07, 6.45) is 5.97. The van der Waals surface area contributed by atoms with Gasteiger partial charge in [0.15, 0.2) is 5.78 Å². The number of rotatable bonds is 6. The normalized spacial score (nSPS) is 14.4. The summed E-state index contributed by atoms with van der Waals surface area (Å²) in [5.41, 5.74) is 1.90. The standard InChI is InChI=1S/C22H23N3O3S/c1-14(26)17(11-15-7-3-2-4-8-15)24-19(27)12-25-13-23-21-20(22(25)28)16-9-5-6-10-18(16)29-21/h2-4,7-8,13,17H,5-6,9-12H2,1H3,(H,24,27)/t17-/m0/s1. The highest BCUT2D eigenvalue weighted by Gasteiger charge is 2.22. The van der Waals surface area contributed by atoms with Crippen molar-refractivity contribution in [3.05, 3.63) is 63.0 Å². The van der Waals surface area contributed by atoms with Crippen LogP contribution in [0.4, 0.5) is 0 Å². The summed E-state index contributed by atoms with van der Waals surface area (Å²) in [5.74, 6) is -0.483. The number of carbonyl (C=O) groups excluding carboxylic acids is 2. The van der Waals surface area contributed by atoms with Crippen LogP contribution in [-0.4, -0.2) is 27.3 Å². The SMILES string of the molecule is CC(=O)[C@H](Cc1ccccc1)NC(=O)Cn1cnc2sc3c(c2c1=O)CCCC3. The van der Waals surface area contributed by atoms with E-state index < -0.39 is 6.04 Å². The fraction of sp³-hybridized carbons (Fsp3) is 0.364. The fourth-order valence-corrected chi connectivity index (χ4v) is 5.05. The maximum absolute atomic E-state index is 13.0. The molecule has 1 aliphatic carbocycles. The Labute approximate surface area is 172 Å². The Morgan fingerprint density at radius 3 is 2.72 bits per heavy atom. The van der Waals surface area contributed by atoms with Gasteiger partial charge in [-0.05, 0) is 50.2 Å². The molecule has 29 heavy (non-hydrogen) atoms. The van der Waals surface area contributed by atoms with E-state index in [1.807, 2.05) is 30.3 Å². The van der Waals surface area contributed by atoms with Crippen molar-refractivity contribution in [1.82, 2.24) is 14.9 Å². The summed E-state index contributed by atoms with van der Waals surface area (Å²) >= 11 is 1.59. The Kier molecular flexibility index (Phi) is 5.58. The molecule has 1 N–H and O–H groups in total. The average Bonchev–Trinajstić information content (AvgIpc) is 3.09. The van der Waals surface area contributed by atoms with Crippen LogP contribution in [-0.2, 0) is 35.4 Å². The predicted molar refractivity (Wildman–Crippen MR) is 113 cm³/mol. The molecule has 1 atom stereocenters. The number of Topliss-reactive ketones (excluding diaryl/α,β-unsaturated/α-hetero) is 1. The van der Waals surface area contributed by atoms with E-state index in [4.69, 9.17) is 0 Å². The molecule has 0 bridgehead atoms. The molecule has 0 fully saturated rings. The largest absolute Gasteiger partial charge is 0.344 e. The molecule has 150 valence electrons. The van der Waals surface area contributed by atoms with E-state index in [0.29, 0.717) is 11.8 Å². The number of nitrogens with one attached hydrogen (secondary N) is 1. The van der Waals surface area contributed by atoms with Gasteiger partial charge in [-0.15, -0.1) is 11.3 Å². The van der Waals surface area contributed by atoms with E-state index in [0.717, 1.165) is 41.6 Å². The number of hydrogen-bond donors (Lipinski definition) is 1. The lowest BCUT2D eigenvalue weighted by Gasteiger charge is -2.16. The third-order valence-corrected chi connectivity index (χ3v) is 6.56. The lowest BCUT2D eigenvalue weighted by atomic mass is 9.97. The second-order valence-corrected chi connectivity index (χ2v) is 8.57. The third kappa shape index (κ3) is 4.15. The van der Waals surface area contributed by atoms with Crippen LogP contribution in [0, 0.1) is 0 Å². The Bertz CT molecular complexity index is 1120. The minimum Gasteiger partial charge on any atom is -0.344 e. The first-order valence-corrected chi connectivity index (χ1v) is 10.7. The van der Waals surface area contributed by atoms with Crippen LogP contribution in [0.3, 0.4) is 0 Å². The van der Waals surface area contributed by atoms with Gasteiger partial charge in [0.25, 0.3) is 5.56 Å². The maximum atomic E-state index is 13.0. The number of fused-ring (bicyclic) bond motifs is 3. The lowest BCUT2D eigenvalue weighted by molar-refractivity contribution is -0.127. The zero-order valence-electron chi connectivity index (χ0n) is 16.3. The van der Waals surface area contributed by atoms with Gasteiger partial charge in [0, 0.05) is 4.88 Å². The topological polar surface area (TPSA) is 81.1 Å². The van der Waals surface area contributed by atoms with Gasteiger partial charge in [-0.3, -0.25) is 19.0 Å². The predicted octanol–water partition coefficient (Wildman–Crippen LogP) is 2.65. The Balaban J connectivity index is 1.53. The quantitative estimate of drug-likeness (QED) is 0.679. The van der Waals surface area contributed by atoms with E-state index in [1.54, 1.807) is 11.3 Å². The lowest BCUT2D eigenvalue weighted by Crippen LogP contribution is -2.43. The van der Waals surface area contributed by atoms with Gasteiger partial charge in [-0.2, -0.15) is 0 Å². The van der Waals surface area contributed by atoms with Crippen LogP contribution in [0.2, 0.25) is 0 Å². The monoisotopic (exact) mass is 409 g/mol. The van der Waals surface area contributed by atoms with Gasteiger partial charge in [-0.1, -0.05) is 30.3 Å². The highest BCUT2D eigenvalue weighted by atomic mass is 32.1. The number of nitrogens with zero attached hydrogens (tertiary/aromatic N) is 2. The number of thiophene rings is 1. The molecular weight excluding hydrogens is 386 g/mol. The molecule has 0 saturated heterocycles. The Hall–Kier alpha value is -2.80. The molecule has 3 aromatic rings. The molecule has 0 radical (unpaired) electrons. The smallest absolute Gasteiger partial charge is 0.262 e. The molecule has 2 heterocycles. The Morgan fingerprint density at radius 2 is 1.97 bits per heavy atom. The van der Waals surface area contributed by atoms with E-state index in [-0.39, 0.29) is 23.8 Å². The molecule has 6 nitrogen and oxygen atoms in total. The minimum absolute atomic E-state index is 0.116. The summed E-state index contributed by atoms with van der Waals surface area (Å²) in [6.45, 7) is 1.32. The molecule has 7 heteroatoms. The van der Waals surface area contributed by atoms with Crippen molar-refractivity contribution in [3.63, 3.8) is 0 Å². The summed E-state index contributed by atoms with van der Waals surface area (Å²) in [7, 11) is 0. The van der Waals surface area contributed by atoms with Gasteiger partial charge in [0.1, 0.15) is 11.4 Å². The van der Waals surface area contributed by atoms with Crippen LogP contribution in [0.1, 0.15) is 35.8 Å². The zero-order valence-corrected chi connectivity index (χ0v) is 17.1. The summed E-state index contributed by atoms with van der Waals surface area (Å²) in [6, 6.07) is 8.93. The molecule has 2 aromatic heterocycles. The number of carbonyl (C=O) groups is 2. The highest BCUT2D eigenvalue weighted by molar-refractivity contribution is 7.18. The Morgan fingerprint density at radius 1 is 1.21 bits per heavy atom. The average molecular weight is 410 g/mol. The number of amides is 1. The van der Waals surface area contributed by atoms with Crippen molar-refractivity contribution < 1.29 is 9.59 Å². The van der Waals surface area contributed by atoms with Gasteiger partial charge in [0.2, 0.25) is 5.91 Å². The van der Waals surface area contributed by atoms with Gasteiger partial charge >= 0.3 is 0 Å². The molecule has 4 rings (SSSR count). The van der Waals surface area contributed by atoms with Crippen molar-refractivity contribution in [2.24, 2.45) is 0 Å². The van der Waals surface area contributed by atoms with Crippen molar-refractivity contribution in [2.75, 3.05) is 0 Å². The first-order valence-electron chi connectivity index (χ1n) is 9.86. The van der Waals surface area contributed by atoms with Crippen LogP contribution < -0.4 is 10.9 Å². The van der Waals surface area contributed by atoms with E-state index in [2.05, 4.69) is 10.3 Å². The zero-order chi connectivity index (χ0) is 20.4. The van der Waals surface area contributed by atoms with E-state index in [1.165, 1.54) is 22.7 Å². The van der Waals surface area contributed by atoms with Crippen molar-refractivity contribution in [2.45, 2.75) is 51.6 Å². The summed E-state index contributed by atoms with van der Waals surface area (Å²) in [5, 5.41) is 3.43. The first-order chi connectivity index (χ1) is 14.0. The molecule has 1 aliphatic rings. The van der Waals surface area contributed by atoms with Crippen molar-refractivity contribution >= 4 is 33.2 Å². The number of hydrogen-bond acceptors (Lipinski definition) is 5. The molecule has 0 spiro atoms. The van der Waals surface area contributed by atoms with Crippen molar-refractivity contribution in [3.8, 4) is 0 Å². The fourth-order valence-electron chi connectivity index (χ4n) is 3.83. The number of benzene rings is 1. The second-order valence-electron chi connectivity index (χ2n) is 7.49. The van der Waals surface area contributed by atoms with E-state index >= 15 is 0 Å². The second kappa shape index (κ2) is 8.29. The molecule has 1 amide bonds.